The third kappa shape index (κ3) is 1.26. The van der Waals surface area contributed by atoms with Crippen molar-refractivity contribution in [3.05, 3.63) is 12.7 Å². The van der Waals surface area contributed by atoms with Crippen LogP contribution in [-0.2, 0) is 10.5 Å². The van der Waals surface area contributed by atoms with Gasteiger partial charge < -0.3 is 15.6 Å². The number of hydrogen-bond donors (Lipinski definition) is 2. The molecule has 2 aromatic rings. The molecule has 1 aliphatic carbocycles. The van der Waals surface area contributed by atoms with E-state index in [0.29, 0.717) is 28.8 Å². The standard InChI is InChI=1S/C12H15N5O2/c1-6-7-2-12(7,19-8(6)3-18)17-5-16-9-10(13)14-4-15-11(9)17/h4-8,18H,2-3H2,1H3,(H2,13,14,15)/t6-,7+,8+,12-/m0/s1. The van der Waals surface area contributed by atoms with Crippen LogP contribution in [0.3, 0.4) is 0 Å². The van der Waals surface area contributed by atoms with Crippen molar-refractivity contribution in [2.75, 3.05) is 12.3 Å². The Hall–Kier alpha value is -1.73. The van der Waals surface area contributed by atoms with E-state index < -0.39 is 5.72 Å². The largest absolute Gasteiger partial charge is 0.394 e. The van der Waals surface area contributed by atoms with E-state index in [1.807, 2.05) is 4.57 Å². The van der Waals surface area contributed by atoms with E-state index in [1.165, 1.54) is 6.33 Å². The van der Waals surface area contributed by atoms with E-state index in [4.69, 9.17) is 10.5 Å². The molecule has 0 unspecified atom stereocenters. The van der Waals surface area contributed by atoms with Crippen molar-refractivity contribution in [1.82, 2.24) is 19.5 Å². The number of rotatable bonds is 2. The van der Waals surface area contributed by atoms with E-state index in [1.54, 1.807) is 6.33 Å². The Labute approximate surface area is 109 Å². The zero-order valence-electron chi connectivity index (χ0n) is 10.5. The molecule has 0 bridgehead atoms. The maximum atomic E-state index is 9.35. The molecular formula is C12H15N5O2. The van der Waals surface area contributed by atoms with Crippen LogP contribution in [-0.4, -0.2) is 37.3 Å². The highest BCUT2D eigenvalue weighted by Crippen LogP contribution is 2.62. The maximum absolute atomic E-state index is 9.35. The molecule has 4 atom stereocenters. The summed E-state index contributed by atoms with van der Waals surface area (Å²) in [6, 6.07) is 0. The van der Waals surface area contributed by atoms with Crippen LogP contribution in [0.5, 0.6) is 0 Å². The molecule has 3 N–H and O–H groups in total. The van der Waals surface area contributed by atoms with Crippen LogP contribution in [0.25, 0.3) is 11.2 Å². The summed E-state index contributed by atoms with van der Waals surface area (Å²) in [5.74, 6) is 1.11. The number of nitrogens with zero attached hydrogens (tertiary/aromatic N) is 4. The number of anilines is 1. The lowest BCUT2D eigenvalue weighted by molar-refractivity contribution is -0.0703. The van der Waals surface area contributed by atoms with Crippen LogP contribution in [0.2, 0.25) is 0 Å². The Morgan fingerprint density at radius 1 is 1.53 bits per heavy atom. The molecule has 2 aromatic heterocycles. The fourth-order valence-electron chi connectivity index (χ4n) is 3.28. The fourth-order valence-corrected chi connectivity index (χ4v) is 3.28. The summed E-state index contributed by atoms with van der Waals surface area (Å²) >= 11 is 0. The first kappa shape index (κ1) is 11.1. The van der Waals surface area contributed by atoms with E-state index in [2.05, 4.69) is 21.9 Å². The lowest BCUT2D eigenvalue weighted by Crippen LogP contribution is -2.26. The molecule has 0 aromatic carbocycles. The lowest BCUT2D eigenvalue weighted by Gasteiger charge is -2.19. The van der Waals surface area contributed by atoms with Gasteiger partial charge in [0.15, 0.2) is 17.2 Å². The Morgan fingerprint density at radius 3 is 3.11 bits per heavy atom. The molecule has 0 radical (unpaired) electrons. The minimum atomic E-state index is -0.400. The highest BCUT2D eigenvalue weighted by molar-refractivity contribution is 5.81. The smallest absolute Gasteiger partial charge is 0.167 e. The summed E-state index contributed by atoms with van der Waals surface area (Å²) in [7, 11) is 0. The summed E-state index contributed by atoms with van der Waals surface area (Å²) in [5.41, 5.74) is 6.70. The molecular weight excluding hydrogens is 246 g/mol. The summed E-state index contributed by atoms with van der Waals surface area (Å²) in [6.45, 7) is 2.16. The zero-order valence-corrected chi connectivity index (χ0v) is 10.5. The van der Waals surface area contributed by atoms with Crippen LogP contribution in [0.15, 0.2) is 12.7 Å². The van der Waals surface area contributed by atoms with E-state index in [-0.39, 0.29) is 12.7 Å². The predicted octanol–water partition coefficient (Wildman–Crippen LogP) is 0.108. The highest BCUT2D eigenvalue weighted by atomic mass is 16.6. The van der Waals surface area contributed by atoms with Gasteiger partial charge in [-0.3, -0.25) is 4.57 Å². The monoisotopic (exact) mass is 261 g/mol. The number of nitrogen functional groups attached to an aromatic ring is 1. The molecule has 2 aliphatic rings. The Morgan fingerprint density at radius 2 is 2.37 bits per heavy atom. The Bertz CT molecular complexity index is 657. The number of fused-ring (bicyclic) bond motifs is 2. The number of ether oxygens (including phenoxy) is 1. The molecule has 19 heavy (non-hydrogen) atoms. The van der Waals surface area contributed by atoms with Gasteiger partial charge in [0.05, 0.1) is 19.0 Å². The number of hydrogen-bond acceptors (Lipinski definition) is 6. The van der Waals surface area contributed by atoms with Gasteiger partial charge in [0.2, 0.25) is 0 Å². The second-order valence-electron chi connectivity index (χ2n) is 5.40. The number of imidazole rings is 1. The maximum Gasteiger partial charge on any atom is 0.167 e. The number of nitrogens with two attached hydrogens (primary N) is 1. The summed E-state index contributed by atoms with van der Waals surface area (Å²) < 4.78 is 7.99. The second kappa shape index (κ2) is 3.43. The van der Waals surface area contributed by atoms with Crippen LogP contribution in [0.4, 0.5) is 5.82 Å². The third-order valence-electron chi connectivity index (χ3n) is 4.46. The molecule has 3 heterocycles. The molecule has 2 fully saturated rings. The van der Waals surface area contributed by atoms with Gasteiger partial charge in [-0.05, 0) is 5.92 Å². The van der Waals surface area contributed by atoms with E-state index in [0.717, 1.165) is 6.42 Å². The van der Waals surface area contributed by atoms with Crippen LogP contribution in [0.1, 0.15) is 13.3 Å². The van der Waals surface area contributed by atoms with Gasteiger partial charge in [-0.25, -0.2) is 15.0 Å². The summed E-state index contributed by atoms with van der Waals surface area (Å²) in [6.07, 6.45) is 3.96. The topological polar surface area (TPSA) is 99.1 Å². The first-order valence-electron chi connectivity index (χ1n) is 6.40. The van der Waals surface area contributed by atoms with Gasteiger partial charge in [-0.1, -0.05) is 6.92 Å². The molecule has 100 valence electrons. The molecule has 0 amide bonds. The summed E-state index contributed by atoms with van der Waals surface area (Å²) in [4.78, 5) is 12.5. The van der Waals surface area contributed by atoms with Gasteiger partial charge in [0.25, 0.3) is 0 Å². The van der Waals surface area contributed by atoms with Crippen LogP contribution < -0.4 is 5.73 Å². The highest BCUT2D eigenvalue weighted by Gasteiger charge is 2.67. The summed E-state index contributed by atoms with van der Waals surface area (Å²) in [5, 5.41) is 9.35. The molecule has 1 saturated carbocycles. The van der Waals surface area contributed by atoms with Gasteiger partial charge in [-0.15, -0.1) is 0 Å². The van der Waals surface area contributed by atoms with E-state index in [9.17, 15) is 5.11 Å². The second-order valence-corrected chi connectivity index (χ2v) is 5.40. The molecule has 0 spiro atoms. The van der Waals surface area contributed by atoms with Gasteiger partial charge in [0.1, 0.15) is 11.8 Å². The molecule has 1 aliphatic heterocycles. The van der Waals surface area contributed by atoms with E-state index >= 15 is 0 Å². The Kier molecular flexibility index (Phi) is 2.01. The van der Waals surface area contributed by atoms with Crippen molar-refractivity contribution in [2.24, 2.45) is 11.8 Å². The first-order valence-corrected chi connectivity index (χ1v) is 6.40. The normalized spacial score (nSPS) is 36.6. The van der Waals surface area contributed by atoms with Gasteiger partial charge >= 0.3 is 0 Å². The predicted molar refractivity (Wildman–Crippen MR) is 66.9 cm³/mol. The molecule has 7 heteroatoms. The molecule has 4 rings (SSSR count). The SMILES string of the molecule is C[C@H]1[C@H]2C[C@]2(n2cnc3c(N)ncnc32)O[C@@H]1CO. The average Bonchev–Trinajstić information content (AvgIpc) is 2.83. The Balaban J connectivity index is 1.83. The minimum Gasteiger partial charge on any atom is -0.394 e. The van der Waals surface area contributed by atoms with Crippen molar-refractivity contribution in [2.45, 2.75) is 25.2 Å². The van der Waals surface area contributed by atoms with Crippen LogP contribution in [0, 0.1) is 11.8 Å². The quantitative estimate of drug-likeness (QED) is 0.796. The minimum absolute atomic E-state index is 0.0448. The van der Waals surface area contributed by atoms with Gasteiger partial charge in [0, 0.05) is 12.3 Å². The average molecular weight is 261 g/mol. The number of aromatic nitrogens is 4. The van der Waals surface area contributed by atoms with Crippen molar-refractivity contribution < 1.29 is 9.84 Å². The molecule has 1 saturated heterocycles. The third-order valence-corrected chi connectivity index (χ3v) is 4.46. The van der Waals surface area contributed by atoms with Crippen molar-refractivity contribution >= 4 is 17.0 Å². The first-order chi connectivity index (χ1) is 9.17. The van der Waals surface area contributed by atoms with Gasteiger partial charge in [-0.2, -0.15) is 0 Å². The lowest BCUT2D eigenvalue weighted by atomic mass is 10.0. The fraction of sp³-hybridized carbons (Fsp3) is 0.583. The zero-order chi connectivity index (χ0) is 13.2. The van der Waals surface area contributed by atoms with Crippen LogP contribution >= 0.6 is 0 Å². The number of aliphatic hydroxyl groups excluding tert-OH is 1. The van der Waals surface area contributed by atoms with Crippen molar-refractivity contribution in [3.8, 4) is 0 Å². The van der Waals surface area contributed by atoms with Crippen molar-refractivity contribution in [1.29, 1.82) is 0 Å². The molecule has 7 nitrogen and oxygen atoms in total. The van der Waals surface area contributed by atoms with Crippen molar-refractivity contribution in [3.63, 3.8) is 0 Å². The number of aliphatic hydroxyl groups is 1.